The highest BCUT2D eigenvalue weighted by molar-refractivity contribution is 5.99. The highest BCUT2D eigenvalue weighted by atomic mass is 16.5. The number of hydrogen-bond acceptors (Lipinski definition) is 7. The number of pyridine rings is 1. The van der Waals surface area contributed by atoms with Crippen LogP contribution in [0.1, 0.15) is 5.56 Å². The molecule has 0 spiro atoms. The zero-order chi connectivity index (χ0) is 15.4. The van der Waals surface area contributed by atoms with E-state index < -0.39 is 0 Å². The number of hydrazone groups is 1. The van der Waals surface area contributed by atoms with Crippen LogP contribution in [0.3, 0.4) is 0 Å². The minimum absolute atomic E-state index is 0.355. The van der Waals surface area contributed by atoms with Crippen molar-refractivity contribution >= 4 is 5.84 Å². The fraction of sp³-hybridized carbons (Fsp3) is 0. The van der Waals surface area contributed by atoms with Crippen molar-refractivity contribution in [1.82, 2.24) is 20.6 Å². The molecular formula is C14H13N7O. The molecule has 3 aromatic rings. The van der Waals surface area contributed by atoms with Crippen LogP contribution in [0.4, 0.5) is 0 Å². The zero-order valence-electron chi connectivity index (χ0n) is 11.5. The van der Waals surface area contributed by atoms with Gasteiger partial charge in [-0.1, -0.05) is 17.3 Å². The molecule has 0 amide bonds. The molecule has 2 aromatic heterocycles. The molecule has 0 atom stereocenters. The lowest BCUT2D eigenvalue weighted by Crippen LogP contribution is -2.32. The number of benzene rings is 1. The van der Waals surface area contributed by atoms with Crippen LogP contribution >= 0.6 is 0 Å². The predicted molar refractivity (Wildman–Crippen MR) is 81.0 cm³/mol. The maximum absolute atomic E-state index is 5.37. The van der Waals surface area contributed by atoms with Crippen molar-refractivity contribution in [3.63, 3.8) is 0 Å². The highest BCUT2D eigenvalue weighted by Gasteiger charge is 2.12. The molecule has 110 valence electrons. The zero-order valence-corrected chi connectivity index (χ0v) is 11.5. The summed E-state index contributed by atoms with van der Waals surface area (Å²) in [5, 5.41) is 7.53. The molecule has 22 heavy (non-hydrogen) atoms. The third kappa shape index (κ3) is 2.63. The molecule has 0 aliphatic rings. The molecule has 2 heterocycles. The van der Waals surface area contributed by atoms with Gasteiger partial charge in [0.2, 0.25) is 5.82 Å². The topological polar surface area (TPSA) is 128 Å². The molecule has 5 N–H and O–H groups in total. The quantitative estimate of drug-likeness (QED) is 0.283. The average Bonchev–Trinajstić information content (AvgIpc) is 3.07. The van der Waals surface area contributed by atoms with Crippen molar-refractivity contribution in [2.75, 3.05) is 0 Å². The van der Waals surface area contributed by atoms with E-state index >= 15 is 0 Å². The Balaban J connectivity index is 1.96. The maximum atomic E-state index is 5.37. The summed E-state index contributed by atoms with van der Waals surface area (Å²) in [6, 6.07) is 10.9. The second-order valence-corrected chi connectivity index (χ2v) is 4.37. The minimum atomic E-state index is 0.355. The first-order chi connectivity index (χ1) is 10.8. The van der Waals surface area contributed by atoms with Crippen LogP contribution in [0.25, 0.3) is 22.8 Å². The summed E-state index contributed by atoms with van der Waals surface area (Å²) < 4.78 is 5.30. The fourth-order valence-electron chi connectivity index (χ4n) is 1.95. The number of hydrazine groups is 1. The molecule has 3 rings (SSSR count). The number of aromatic nitrogens is 3. The van der Waals surface area contributed by atoms with Crippen LogP contribution in [0.2, 0.25) is 0 Å². The Labute approximate surface area is 125 Å². The van der Waals surface area contributed by atoms with Crippen molar-refractivity contribution in [2.24, 2.45) is 16.8 Å². The molecule has 0 saturated heterocycles. The number of hydrogen-bond donors (Lipinski definition) is 3. The van der Waals surface area contributed by atoms with Crippen LogP contribution in [0.5, 0.6) is 0 Å². The van der Waals surface area contributed by atoms with Gasteiger partial charge in [0.15, 0.2) is 5.84 Å². The van der Waals surface area contributed by atoms with E-state index in [0.29, 0.717) is 23.1 Å². The van der Waals surface area contributed by atoms with Gasteiger partial charge in [-0.05, 0) is 24.3 Å². The predicted octanol–water partition coefficient (Wildman–Crippen LogP) is 0.882. The van der Waals surface area contributed by atoms with Crippen LogP contribution in [0.15, 0.2) is 58.4 Å². The molecule has 0 aliphatic carbocycles. The van der Waals surface area contributed by atoms with Gasteiger partial charge in [0.05, 0.1) is 0 Å². The summed E-state index contributed by atoms with van der Waals surface area (Å²) in [6.45, 7) is 0. The van der Waals surface area contributed by atoms with E-state index in [1.54, 1.807) is 18.5 Å². The van der Waals surface area contributed by atoms with E-state index in [4.69, 9.17) is 16.2 Å². The molecule has 1 aromatic carbocycles. The van der Waals surface area contributed by atoms with E-state index in [2.05, 4.69) is 25.7 Å². The van der Waals surface area contributed by atoms with E-state index in [-0.39, 0.29) is 0 Å². The third-order valence-corrected chi connectivity index (χ3v) is 2.99. The van der Waals surface area contributed by atoms with Gasteiger partial charge < -0.3 is 15.8 Å². The van der Waals surface area contributed by atoms with E-state index in [9.17, 15) is 0 Å². The molecular weight excluding hydrogens is 282 g/mol. The Kier molecular flexibility index (Phi) is 3.75. The van der Waals surface area contributed by atoms with Gasteiger partial charge in [-0.25, -0.2) is 5.84 Å². The summed E-state index contributed by atoms with van der Waals surface area (Å²) in [5.74, 6) is 11.8. The van der Waals surface area contributed by atoms with Gasteiger partial charge in [0, 0.05) is 29.1 Å². The third-order valence-electron chi connectivity index (χ3n) is 2.99. The van der Waals surface area contributed by atoms with Gasteiger partial charge >= 0.3 is 0 Å². The number of rotatable bonds is 3. The Hall–Kier alpha value is -3.26. The van der Waals surface area contributed by atoms with Gasteiger partial charge in [-0.3, -0.25) is 4.98 Å². The lowest BCUT2D eigenvalue weighted by atomic mass is 10.1. The lowest BCUT2D eigenvalue weighted by Gasteiger charge is -2.04. The second kappa shape index (κ2) is 6.02. The molecule has 0 saturated carbocycles. The molecule has 8 heteroatoms. The van der Waals surface area contributed by atoms with E-state index in [0.717, 1.165) is 11.1 Å². The van der Waals surface area contributed by atoms with Crippen molar-refractivity contribution in [1.29, 1.82) is 0 Å². The van der Waals surface area contributed by atoms with Gasteiger partial charge in [0.1, 0.15) is 0 Å². The van der Waals surface area contributed by atoms with Crippen molar-refractivity contribution in [3.8, 4) is 22.8 Å². The normalized spacial score (nSPS) is 11.4. The Morgan fingerprint density at radius 2 is 2.05 bits per heavy atom. The first-order valence-electron chi connectivity index (χ1n) is 6.41. The van der Waals surface area contributed by atoms with Crippen LogP contribution in [-0.4, -0.2) is 21.0 Å². The SMILES string of the molecule is N/N=C(\NN)c1cccc(-c2nc(-c3cccnc3)no2)c1. The molecule has 0 fully saturated rings. The van der Waals surface area contributed by atoms with E-state index in [1.165, 1.54) is 0 Å². The maximum Gasteiger partial charge on any atom is 0.258 e. The van der Waals surface area contributed by atoms with Gasteiger partial charge in [-0.2, -0.15) is 10.1 Å². The summed E-state index contributed by atoms with van der Waals surface area (Å²) in [6.07, 6.45) is 3.35. The Bertz CT molecular complexity index is 798. The number of amidine groups is 1. The second-order valence-electron chi connectivity index (χ2n) is 4.37. The Morgan fingerprint density at radius 3 is 2.77 bits per heavy atom. The summed E-state index contributed by atoms with van der Waals surface area (Å²) in [5.41, 5.74) is 4.65. The lowest BCUT2D eigenvalue weighted by molar-refractivity contribution is 0.432. The van der Waals surface area contributed by atoms with Gasteiger partial charge in [0.25, 0.3) is 5.89 Å². The number of nitrogens with one attached hydrogen (secondary N) is 1. The summed E-state index contributed by atoms with van der Waals surface area (Å²) in [4.78, 5) is 8.39. The average molecular weight is 295 g/mol. The van der Waals surface area contributed by atoms with Crippen molar-refractivity contribution < 1.29 is 4.52 Å². The van der Waals surface area contributed by atoms with E-state index in [1.807, 2.05) is 30.3 Å². The molecule has 0 radical (unpaired) electrons. The summed E-state index contributed by atoms with van der Waals surface area (Å²) in [7, 11) is 0. The van der Waals surface area contributed by atoms with Crippen molar-refractivity contribution in [3.05, 3.63) is 54.4 Å². The smallest absolute Gasteiger partial charge is 0.258 e. The minimum Gasteiger partial charge on any atom is -0.334 e. The molecule has 0 aliphatic heterocycles. The summed E-state index contributed by atoms with van der Waals surface area (Å²) >= 11 is 0. The first kappa shape index (κ1) is 13.7. The van der Waals surface area contributed by atoms with Gasteiger partial charge in [-0.15, -0.1) is 0 Å². The number of nitrogens with two attached hydrogens (primary N) is 2. The molecule has 8 nitrogen and oxygen atoms in total. The molecule has 0 bridgehead atoms. The van der Waals surface area contributed by atoms with Crippen LogP contribution in [-0.2, 0) is 0 Å². The first-order valence-corrected chi connectivity index (χ1v) is 6.41. The monoisotopic (exact) mass is 295 g/mol. The standard InChI is InChI=1S/C14H13N7O/c15-19-13(20-16)9-3-1-4-10(7-9)14-18-12(21-22-14)11-5-2-6-17-8-11/h1-8H,15-16H2,(H,19,20). The molecule has 0 unspecified atom stereocenters. The van der Waals surface area contributed by atoms with Crippen LogP contribution < -0.4 is 17.1 Å². The highest BCUT2D eigenvalue weighted by Crippen LogP contribution is 2.22. The fourth-order valence-corrected chi connectivity index (χ4v) is 1.95. The van der Waals surface area contributed by atoms with Crippen molar-refractivity contribution in [2.45, 2.75) is 0 Å². The largest absolute Gasteiger partial charge is 0.334 e. The Morgan fingerprint density at radius 1 is 1.18 bits per heavy atom. The van der Waals surface area contributed by atoms with Crippen LogP contribution in [0, 0.1) is 0 Å². The number of nitrogens with zero attached hydrogens (tertiary/aromatic N) is 4.